The second kappa shape index (κ2) is 5.46. The Bertz CT molecular complexity index is 677. The number of para-hydroxylation sites is 1. The summed E-state index contributed by atoms with van der Waals surface area (Å²) in [6.45, 7) is 0.562. The highest BCUT2D eigenvalue weighted by Crippen LogP contribution is 2.35. The Morgan fingerprint density at radius 3 is 2.90 bits per heavy atom. The molecule has 0 saturated carbocycles. The average Bonchev–Trinajstić information content (AvgIpc) is 2.48. The minimum atomic E-state index is -0.546. The van der Waals surface area contributed by atoms with Gasteiger partial charge >= 0.3 is 0 Å². The molecule has 0 radical (unpaired) electrons. The molecule has 0 fully saturated rings. The van der Waals surface area contributed by atoms with Gasteiger partial charge in [-0.1, -0.05) is 23.7 Å². The molecule has 0 saturated heterocycles. The Kier molecular flexibility index (Phi) is 3.68. The molecule has 102 valence electrons. The molecule has 0 aromatic heterocycles. The normalized spacial score (nSPS) is 14.0. The number of rotatable bonds is 1. The van der Waals surface area contributed by atoms with Crippen molar-refractivity contribution in [3.05, 3.63) is 58.9 Å². The number of hydrogen-bond acceptors (Lipinski definition) is 2. The van der Waals surface area contributed by atoms with Gasteiger partial charge in [-0.2, -0.15) is 0 Å². The van der Waals surface area contributed by atoms with E-state index >= 15 is 0 Å². The van der Waals surface area contributed by atoms with Crippen LogP contribution in [0.3, 0.4) is 0 Å². The van der Waals surface area contributed by atoms with Crippen molar-refractivity contribution in [2.75, 3.05) is 17.2 Å². The van der Waals surface area contributed by atoms with Crippen LogP contribution >= 0.6 is 23.4 Å². The second-order valence-corrected chi connectivity index (χ2v) is 5.97. The van der Waals surface area contributed by atoms with Crippen LogP contribution in [-0.2, 0) is 0 Å². The zero-order chi connectivity index (χ0) is 14.1. The molecule has 1 aliphatic heterocycles. The second-order valence-electron chi connectivity index (χ2n) is 4.40. The fraction of sp³-hybridized carbons (Fsp3) is 0.133. The molecule has 0 N–H and O–H groups in total. The zero-order valence-electron chi connectivity index (χ0n) is 10.5. The Labute approximate surface area is 125 Å². The third kappa shape index (κ3) is 2.41. The lowest BCUT2D eigenvalue weighted by Crippen LogP contribution is -2.35. The van der Waals surface area contributed by atoms with E-state index in [2.05, 4.69) is 0 Å². The molecule has 5 heteroatoms. The fourth-order valence-electron chi connectivity index (χ4n) is 2.19. The molecular weight excluding hydrogens is 297 g/mol. The first-order valence-corrected chi connectivity index (χ1v) is 7.52. The third-order valence-electron chi connectivity index (χ3n) is 3.13. The van der Waals surface area contributed by atoms with Crippen molar-refractivity contribution in [3.8, 4) is 0 Å². The van der Waals surface area contributed by atoms with Crippen molar-refractivity contribution < 1.29 is 9.18 Å². The predicted molar refractivity (Wildman–Crippen MR) is 80.3 cm³/mol. The van der Waals surface area contributed by atoms with E-state index in [4.69, 9.17) is 11.6 Å². The molecule has 20 heavy (non-hydrogen) atoms. The van der Waals surface area contributed by atoms with E-state index in [1.165, 1.54) is 18.2 Å². The van der Waals surface area contributed by atoms with E-state index in [1.54, 1.807) is 16.7 Å². The summed E-state index contributed by atoms with van der Waals surface area (Å²) in [7, 11) is 0. The molecule has 3 rings (SSSR count). The summed E-state index contributed by atoms with van der Waals surface area (Å²) in [6, 6.07) is 11.7. The SMILES string of the molecule is O=C(c1cc(Cl)ccc1F)N1CCSc2ccccc21. The standard InChI is InChI=1S/C15H11ClFNOS/c16-10-5-6-12(17)11(9-10)15(19)18-7-8-20-14-4-2-1-3-13(14)18/h1-6,9H,7-8H2. The molecule has 0 unspecified atom stereocenters. The molecule has 0 bridgehead atoms. The van der Waals surface area contributed by atoms with Gasteiger partial charge in [0.25, 0.3) is 5.91 Å². The van der Waals surface area contributed by atoms with Crippen LogP contribution in [0.2, 0.25) is 5.02 Å². The number of nitrogens with zero attached hydrogens (tertiary/aromatic N) is 1. The third-order valence-corrected chi connectivity index (χ3v) is 4.41. The van der Waals surface area contributed by atoms with Gasteiger partial charge in [-0.15, -0.1) is 11.8 Å². The topological polar surface area (TPSA) is 20.3 Å². The summed E-state index contributed by atoms with van der Waals surface area (Å²) < 4.78 is 13.8. The Morgan fingerprint density at radius 1 is 1.25 bits per heavy atom. The van der Waals surface area contributed by atoms with Crippen molar-refractivity contribution in [1.82, 2.24) is 0 Å². The van der Waals surface area contributed by atoms with Crippen LogP contribution in [-0.4, -0.2) is 18.2 Å². The van der Waals surface area contributed by atoms with Crippen molar-refractivity contribution in [3.63, 3.8) is 0 Å². The first kappa shape index (κ1) is 13.5. The Hall–Kier alpha value is -1.52. The van der Waals surface area contributed by atoms with E-state index in [1.807, 2.05) is 24.3 Å². The minimum absolute atomic E-state index is 0.0132. The zero-order valence-corrected chi connectivity index (χ0v) is 12.0. The van der Waals surface area contributed by atoms with Gasteiger partial charge < -0.3 is 4.90 Å². The van der Waals surface area contributed by atoms with Gasteiger partial charge in [0.1, 0.15) is 5.82 Å². The number of carbonyl (C=O) groups excluding carboxylic acids is 1. The monoisotopic (exact) mass is 307 g/mol. The molecule has 2 aromatic rings. The minimum Gasteiger partial charge on any atom is -0.306 e. The Morgan fingerprint density at radius 2 is 2.05 bits per heavy atom. The fourth-order valence-corrected chi connectivity index (χ4v) is 3.35. The van der Waals surface area contributed by atoms with Crippen LogP contribution in [0.4, 0.5) is 10.1 Å². The summed E-state index contributed by atoms with van der Waals surface area (Å²) >= 11 is 7.56. The molecular formula is C15H11ClFNOS. The lowest BCUT2D eigenvalue weighted by Gasteiger charge is -2.29. The van der Waals surface area contributed by atoms with Crippen molar-refractivity contribution >= 4 is 35.0 Å². The summed E-state index contributed by atoms with van der Waals surface area (Å²) in [6.07, 6.45) is 0. The van der Waals surface area contributed by atoms with Gasteiger partial charge in [0.2, 0.25) is 0 Å². The van der Waals surface area contributed by atoms with E-state index in [9.17, 15) is 9.18 Å². The number of amides is 1. The lowest BCUT2D eigenvalue weighted by molar-refractivity contribution is 0.0984. The lowest BCUT2D eigenvalue weighted by atomic mass is 10.1. The highest BCUT2D eigenvalue weighted by molar-refractivity contribution is 7.99. The molecule has 1 amide bonds. The van der Waals surface area contributed by atoms with Crippen LogP contribution in [0.15, 0.2) is 47.4 Å². The number of halogens is 2. The van der Waals surface area contributed by atoms with Gasteiger partial charge in [-0.3, -0.25) is 4.79 Å². The summed E-state index contributed by atoms with van der Waals surface area (Å²) in [5.74, 6) is -0.0989. The largest absolute Gasteiger partial charge is 0.306 e. The quantitative estimate of drug-likeness (QED) is 0.785. The van der Waals surface area contributed by atoms with Gasteiger partial charge in [0.05, 0.1) is 11.3 Å². The first-order chi connectivity index (χ1) is 9.66. The van der Waals surface area contributed by atoms with Crippen molar-refractivity contribution in [2.24, 2.45) is 0 Å². The Balaban J connectivity index is 2.02. The maximum Gasteiger partial charge on any atom is 0.261 e. The summed E-state index contributed by atoms with van der Waals surface area (Å²) in [5.41, 5.74) is 0.840. The van der Waals surface area contributed by atoms with Crippen LogP contribution in [0.1, 0.15) is 10.4 Å². The molecule has 2 nitrogen and oxygen atoms in total. The molecule has 1 heterocycles. The average molecular weight is 308 g/mol. The smallest absolute Gasteiger partial charge is 0.261 e. The number of fused-ring (bicyclic) bond motifs is 1. The molecule has 0 aliphatic carbocycles. The highest BCUT2D eigenvalue weighted by atomic mass is 35.5. The molecule has 0 spiro atoms. The van der Waals surface area contributed by atoms with Gasteiger partial charge in [0, 0.05) is 22.2 Å². The van der Waals surface area contributed by atoms with Crippen LogP contribution in [0.5, 0.6) is 0 Å². The number of anilines is 1. The molecule has 0 atom stereocenters. The number of hydrogen-bond donors (Lipinski definition) is 0. The van der Waals surface area contributed by atoms with Gasteiger partial charge in [0.15, 0.2) is 0 Å². The number of benzene rings is 2. The maximum absolute atomic E-state index is 13.8. The van der Waals surface area contributed by atoms with E-state index in [0.717, 1.165) is 16.3 Å². The highest BCUT2D eigenvalue weighted by Gasteiger charge is 2.25. The van der Waals surface area contributed by atoms with Gasteiger partial charge in [-0.25, -0.2) is 4.39 Å². The molecule has 1 aliphatic rings. The van der Waals surface area contributed by atoms with Crippen LogP contribution in [0, 0.1) is 5.82 Å². The van der Waals surface area contributed by atoms with Crippen molar-refractivity contribution in [2.45, 2.75) is 4.90 Å². The van der Waals surface area contributed by atoms with E-state index in [-0.39, 0.29) is 11.5 Å². The summed E-state index contributed by atoms with van der Waals surface area (Å²) in [5, 5.41) is 0.356. The van der Waals surface area contributed by atoms with Crippen LogP contribution in [0.25, 0.3) is 0 Å². The van der Waals surface area contributed by atoms with E-state index in [0.29, 0.717) is 11.6 Å². The number of carbonyl (C=O) groups is 1. The van der Waals surface area contributed by atoms with Crippen LogP contribution < -0.4 is 4.90 Å². The number of thioether (sulfide) groups is 1. The van der Waals surface area contributed by atoms with Crippen molar-refractivity contribution in [1.29, 1.82) is 0 Å². The predicted octanol–water partition coefficient (Wildman–Crippen LogP) is 4.23. The first-order valence-electron chi connectivity index (χ1n) is 6.15. The summed E-state index contributed by atoms with van der Waals surface area (Å²) in [4.78, 5) is 15.2. The van der Waals surface area contributed by atoms with E-state index < -0.39 is 5.82 Å². The molecule has 2 aromatic carbocycles. The maximum atomic E-state index is 13.8. The van der Waals surface area contributed by atoms with Gasteiger partial charge in [-0.05, 0) is 30.3 Å².